The minimum Gasteiger partial charge on any atom is -0.444 e. The molecule has 0 aromatic carbocycles. The minimum absolute atomic E-state index is 0.203. The van der Waals surface area contributed by atoms with Gasteiger partial charge in [-0.15, -0.1) is 0 Å². The Hall–Kier alpha value is -2.13. The summed E-state index contributed by atoms with van der Waals surface area (Å²) in [6, 6.07) is 0. The second kappa shape index (κ2) is 8.91. The van der Waals surface area contributed by atoms with E-state index in [1.807, 2.05) is 20.8 Å². The first-order chi connectivity index (χ1) is 13.3. The Labute approximate surface area is 165 Å². The standard InChI is InChI=1S/C19H31N5O4/c1-19(2,3)28-18(26)24-8-5-15-14(13-24)16(22-21-15)17(25)20-6-4-7-23-9-11-27-12-10-23/h4-13H2,1-3H3,(H,20,25)(H,21,22). The molecule has 0 bridgehead atoms. The van der Waals surface area contributed by atoms with Crippen LogP contribution in [0.25, 0.3) is 0 Å². The molecule has 2 amide bonds. The molecule has 9 heteroatoms. The largest absolute Gasteiger partial charge is 0.444 e. The van der Waals surface area contributed by atoms with E-state index in [9.17, 15) is 9.59 Å². The van der Waals surface area contributed by atoms with Gasteiger partial charge >= 0.3 is 6.09 Å². The van der Waals surface area contributed by atoms with Crippen LogP contribution in [0.2, 0.25) is 0 Å². The van der Waals surface area contributed by atoms with Crippen LogP contribution < -0.4 is 5.32 Å². The number of aromatic amines is 1. The van der Waals surface area contributed by atoms with Gasteiger partial charge in [0.2, 0.25) is 0 Å². The van der Waals surface area contributed by atoms with Gasteiger partial charge in [0.1, 0.15) is 5.60 Å². The highest BCUT2D eigenvalue weighted by atomic mass is 16.6. The number of rotatable bonds is 5. The zero-order chi connectivity index (χ0) is 20.1. The first-order valence-electron chi connectivity index (χ1n) is 9.96. The third kappa shape index (κ3) is 5.45. The second-order valence-electron chi connectivity index (χ2n) is 8.24. The third-order valence-corrected chi connectivity index (χ3v) is 4.84. The average molecular weight is 393 g/mol. The van der Waals surface area contributed by atoms with Crippen LogP contribution >= 0.6 is 0 Å². The first kappa shape index (κ1) is 20.6. The van der Waals surface area contributed by atoms with Crippen LogP contribution in [0, 0.1) is 0 Å². The van der Waals surface area contributed by atoms with Crippen molar-refractivity contribution >= 4 is 12.0 Å². The molecule has 2 aliphatic rings. The number of amides is 2. The molecule has 1 aromatic heterocycles. The summed E-state index contributed by atoms with van der Waals surface area (Å²) >= 11 is 0. The molecule has 1 aromatic rings. The molecule has 0 atom stereocenters. The van der Waals surface area contributed by atoms with Crippen molar-refractivity contribution in [3.05, 3.63) is 17.0 Å². The topological polar surface area (TPSA) is 99.8 Å². The number of hydrogen-bond acceptors (Lipinski definition) is 6. The van der Waals surface area contributed by atoms with Gasteiger partial charge in [0.05, 0.1) is 19.8 Å². The number of nitrogens with zero attached hydrogens (tertiary/aromatic N) is 3. The number of nitrogens with one attached hydrogen (secondary N) is 2. The monoisotopic (exact) mass is 393 g/mol. The second-order valence-corrected chi connectivity index (χ2v) is 8.24. The van der Waals surface area contributed by atoms with Gasteiger partial charge in [-0.05, 0) is 33.7 Å². The van der Waals surface area contributed by atoms with Gasteiger partial charge in [0, 0.05) is 43.9 Å². The predicted octanol–water partition coefficient (Wildman–Crippen LogP) is 1.16. The van der Waals surface area contributed by atoms with Gasteiger partial charge in [0.15, 0.2) is 5.69 Å². The Morgan fingerprint density at radius 3 is 2.71 bits per heavy atom. The number of morpholine rings is 1. The van der Waals surface area contributed by atoms with Crippen molar-refractivity contribution in [1.29, 1.82) is 0 Å². The molecule has 9 nitrogen and oxygen atoms in total. The van der Waals surface area contributed by atoms with E-state index in [1.54, 1.807) is 4.90 Å². The van der Waals surface area contributed by atoms with Gasteiger partial charge in [-0.25, -0.2) is 4.79 Å². The van der Waals surface area contributed by atoms with E-state index in [2.05, 4.69) is 20.4 Å². The molecule has 28 heavy (non-hydrogen) atoms. The fraction of sp³-hybridized carbons (Fsp3) is 0.737. The van der Waals surface area contributed by atoms with Crippen LogP contribution in [0.5, 0.6) is 0 Å². The molecule has 0 spiro atoms. The van der Waals surface area contributed by atoms with Gasteiger partial charge in [-0.2, -0.15) is 5.10 Å². The van der Waals surface area contributed by atoms with Crippen molar-refractivity contribution in [2.45, 2.75) is 45.8 Å². The summed E-state index contributed by atoms with van der Waals surface area (Å²) in [6.07, 6.45) is 1.14. The van der Waals surface area contributed by atoms with Crippen LogP contribution in [-0.2, 0) is 22.4 Å². The van der Waals surface area contributed by atoms with Crippen molar-refractivity contribution < 1.29 is 19.1 Å². The lowest BCUT2D eigenvalue weighted by atomic mass is 10.1. The normalized spacial score (nSPS) is 17.9. The van der Waals surface area contributed by atoms with E-state index in [0.29, 0.717) is 31.7 Å². The van der Waals surface area contributed by atoms with Crippen LogP contribution in [-0.4, -0.2) is 83.5 Å². The van der Waals surface area contributed by atoms with Gasteiger partial charge in [0.25, 0.3) is 5.91 Å². The highest BCUT2D eigenvalue weighted by Crippen LogP contribution is 2.22. The number of carbonyl (C=O) groups is 2. The zero-order valence-corrected chi connectivity index (χ0v) is 17.0. The number of aromatic nitrogens is 2. The molecule has 156 valence electrons. The maximum absolute atomic E-state index is 12.6. The van der Waals surface area contributed by atoms with E-state index in [0.717, 1.165) is 50.5 Å². The summed E-state index contributed by atoms with van der Waals surface area (Å²) < 4.78 is 10.8. The van der Waals surface area contributed by atoms with E-state index in [4.69, 9.17) is 9.47 Å². The van der Waals surface area contributed by atoms with Crippen molar-refractivity contribution in [3.8, 4) is 0 Å². The quantitative estimate of drug-likeness (QED) is 0.728. The minimum atomic E-state index is -0.547. The fourth-order valence-corrected chi connectivity index (χ4v) is 3.38. The van der Waals surface area contributed by atoms with Crippen molar-refractivity contribution in [2.75, 3.05) is 45.9 Å². The average Bonchev–Trinajstić information content (AvgIpc) is 3.08. The molecule has 0 radical (unpaired) electrons. The Morgan fingerprint density at radius 2 is 2.00 bits per heavy atom. The first-order valence-corrected chi connectivity index (χ1v) is 9.96. The predicted molar refractivity (Wildman–Crippen MR) is 103 cm³/mol. The summed E-state index contributed by atoms with van der Waals surface area (Å²) in [6.45, 7) is 11.4. The van der Waals surface area contributed by atoms with Crippen LogP contribution in [0.1, 0.15) is 48.9 Å². The zero-order valence-electron chi connectivity index (χ0n) is 17.0. The van der Waals surface area contributed by atoms with Gasteiger partial charge in [-0.1, -0.05) is 0 Å². The lowest BCUT2D eigenvalue weighted by Crippen LogP contribution is -2.40. The number of hydrogen-bond donors (Lipinski definition) is 2. The van der Waals surface area contributed by atoms with Crippen molar-refractivity contribution in [2.24, 2.45) is 0 Å². The fourth-order valence-electron chi connectivity index (χ4n) is 3.38. The molecule has 1 fully saturated rings. The summed E-state index contributed by atoms with van der Waals surface area (Å²) in [5.74, 6) is -0.203. The maximum Gasteiger partial charge on any atom is 0.410 e. The summed E-state index contributed by atoms with van der Waals surface area (Å²) in [7, 11) is 0. The Bertz CT molecular complexity index is 691. The SMILES string of the molecule is CC(C)(C)OC(=O)N1CCc2[nH]nc(C(=O)NCCCN3CCOCC3)c2C1. The van der Waals surface area contributed by atoms with E-state index >= 15 is 0 Å². The number of carbonyl (C=O) groups excluding carboxylic acids is 2. The maximum atomic E-state index is 12.6. The van der Waals surface area contributed by atoms with Gasteiger partial charge < -0.3 is 19.7 Å². The van der Waals surface area contributed by atoms with Gasteiger partial charge in [-0.3, -0.25) is 14.8 Å². The molecule has 2 N–H and O–H groups in total. The van der Waals surface area contributed by atoms with Crippen molar-refractivity contribution in [1.82, 2.24) is 25.3 Å². The molecule has 1 saturated heterocycles. The molecular formula is C19H31N5O4. The summed E-state index contributed by atoms with van der Waals surface area (Å²) in [4.78, 5) is 28.9. The summed E-state index contributed by atoms with van der Waals surface area (Å²) in [5.41, 5.74) is 1.52. The highest BCUT2D eigenvalue weighted by Gasteiger charge is 2.30. The Kier molecular flexibility index (Phi) is 6.56. The smallest absolute Gasteiger partial charge is 0.410 e. The molecule has 3 rings (SSSR count). The summed E-state index contributed by atoms with van der Waals surface area (Å²) in [5, 5.41) is 10.1. The Balaban J connectivity index is 1.51. The lowest BCUT2D eigenvalue weighted by molar-refractivity contribution is 0.0222. The van der Waals surface area contributed by atoms with Crippen LogP contribution in [0.3, 0.4) is 0 Å². The van der Waals surface area contributed by atoms with Crippen molar-refractivity contribution in [3.63, 3.8) is 0 Å². The molecule has 3 heterocycles. The van der Waals surface area contributed by atoms with Crippen LogP contribution in [0.15, 0.2) is 0 Å². The van der Waals surface area contributed by atoms with E-state index in [1.165, 1.54) is 0 Å². The number of ether oxygens (including phenoxy) is 2. The molecular weight excluding hydrogens is 362 g/mol. The molecule has 0 aliphatic carbocycles. The molecule has 2 aliphatic heterocycles. The van der Waals surface area contributed by atoms with E-state index in [-0.39, 0.29) is 12.0 Å². The van der Waals surface area contributed by atoms with Crippen LogP contribution in [0.4, 0.5) is 4.79 Å². The lowest BCUT2D eigenvalue weighted by Gasteiger charge is -2.30. The molecule has 0 unspecified atom stereocenters. The third-order valence-electron chi connectivity index (χ3n) is 4.84. The molecule has 0 saturated carbocycles. The number of H-pyrrole nitrogens is 1. The number of fused-ring (bicyclic) bond motifs is 1. The van der Waals surface area contributed by atoms with E-state index < -0.39 is 5.60 Å². The Morgan fingerprint density at radius 1 is 1.25 bits per heavy atom. The highest BCUT2D eigenvalue weighted by molar-refractivity contribution is 5.94.